The molecule has 0 rings (SSSR count). The average Bonchev–Trinajstić information content (AvgIpc) is 1.80. The zero-order chi connectivity index (χ0) is 11.8. The number of hydrogen-bond acceptors (Lipinski definition) is 1. The summed E-state index contributed by atoms with van der Waals surface area (Å²) in [7, 11) is -1.64. The molecule has 0 aliphatic rings. The Morgan fingerprint density at radius 3 is 1.57 bits per heavy atom. The molecule has 0 aromatic carbocycles. The van der Waals surface area contributed by atoms with Crippen LogP contribution in [0.5, 0.6) is 0 Å². The van der Waals surface area contributed by atoms with Crippen LogP contribution < -0.4 is 0 Å². The van der Waals surface area contributed by atoms with Crippen LogP contribution in [0, 0.1) is 12.3 Å². The molecule has 0 N–H and O–H groups in total. The molecular weight excluding hydrogens is 188 g/mol. The van der Waals surface area contributed by atoms with Gasteiger partial charge in [0.2, 0.25) is 0 Å². The zero-order valence-corrected chi connectivity index (χ0v) is 12.2. The highest BCUT2D eigenvalue weighted by molar-refractivity contribution is 6.74. The summed E-state index contributed by atoms with van der Waals surface area (Å²) in [5.41, 5.74) is 0.134. The van der Waals surface area contributed by atoms with Crippen LogP contribution in [0.2, 0.25) is 18.1 Å². The van der Waals surface area contributed by atoms with Crippen molar-refractivity contribution in [3.8, 4) is 0 Å². The monoisotopic (exact) mass is 215 g/mol. The summed E-state index contributed by atoms with van der Waals surface area (Å²) in [6.07, 6.45) is 0.0865. The fourth-order valence-corrected chi connectivity index (χ4v) is 2.13. The molecule has 1 radical (unpaired) electrons. The average molecular weight is 215 g/mol. The molecule has 0 fully saturated rings. The third-order valence-corrected chi connectivity index (χ3v) is 7.70. The molecule has 0 amide bonds. The lowest BCUT2D eigenvalue weighted by atomic mass is 9.91. The summed E-state index contributed by atoms with van der Waals surface area (Å²) < 4.78 is 6.19. The van der Waals surface area contributed by atoms with Crippen molar-refractivity contribution in [3.63, 3.8) is 0 Å². The molecule has 0 aliphatic carbocycles. The molecule has 14 heavy (non-hydrogen) atoms. The molecule has 0 spiro atoms. The van der Waals surface area contributed by atoms with Crippen LogP contribution in [0.1, 0.15) is 41.5 Å². The minimum Gasteiger partial charge on any atom is -0.413 e. The summed E-state index contributed by atoms with van der Waals surface area (Å²) in [5.74, 6) is 0. The lowest BCUT2D eigenvalue weighted by molar-refractivity contribution is 0.111. The molecule has 0 saturated heterocycles. The van der Waals surface area contributed by atoms with E-state index in [1.165, 1.54) is 0 Å². The second kappa shape index (κ2) is 3.97. The molecule has 0 aromatic rings. The van der Waals surface area contributed by atoms with E-state index in [9.17, 15) is 0 Å². The van der Waals surface area contributed by atoms with E-state index in [4.69, 9.17) is 4.43 Å². The van der Waals surface area contributed by atoms with Crippen LogP contribution in [-0.2, 0) is 4.43 Å². The summed E-state index contributed by atoms with van der Waals surface area (Å²) in [5, 5.41) is 0.272. The highest BCUT2D eigenvalue weighted by Crippen LogP contribution is 2.39. The first kappa shape index (κ1) is 14.2. The summed E-state index contributed by atoms with van der Waals surface area (Å²) in [6, 6.07) is 0. The molecule has 2 heteroatoms. The van der Waals surface area contributed by atoms with Crippen molar-refractivity contribution in [1.82, 2.24) is 0 Å². The SMILES string of the molecule is [CH2][C@H](O[Si](C)(C)C(C)(C)C)C(C)(C)C. The smallest absolute Gasteiger partial charge is 0.192 e. The largest absolute Gasteiger partial charge is 0.413 e. The molecule has 0 bridgehead atoms. The first-order valence-electron chi connectivity index (χ1n) is 5.39. The predicted molar refractivity (Wildman–Crippen MR) is 66.9 cm³/mol. The minimum atomic E-state index is -1.64. The fraction of sp³-hybridized carbons (Fsp3) is 0.917. The Kier molecular flexibility index (Phi) is 4.02. The summed E-state index contributed by atoms with van der Waals surface area (Å²) in [4.78, 5) is 0. The van der Waals surface area contributed by atoms with Crippen molar-refractivity contribution >= 4 is 8.32 Å². The number of hydrogen-bond donors (Lipinski definition) is 0. The van der Waals surface area contributed by atoms with E-state index in [0.29, 0.717) is 0 Å². The van der Waals surface area contributed by atoms with Gasteiger partial charge < -0.3 is 4.43 Å². The second-order valence-electron chi connectivity index (χ2n) is 6.73. The van der Waals surface area contributed by atoms with Gasteiger partial charge in [-0.15, -0.1) is 0 Å². The molecular formula is C12H27OSi. The van der Waals surface area contributed by atoms with Gasteiger partial charge in [-0.05, 0) is 30.5 Å². The van der Waals surface area contributed by atoms with Crippen LogP contribution in [0.4, 0.5) is 0 Å². The second-order valence-corrected chi connectivity index (χ2v) is 11.5. The van der Waals surface area contributed by atoms with Crippen molar-refractivity contribution in [2.45, 2.75) is 65.8 Å². The Balaban J connectivity index is 4.53. The van der Waals surface area contributed by atoms with E-state index in [2.05, 4.69) is 61.6 Å². The topological polar surface area (TPSA) is 9.23 Å². The van der Waals surface area contributed by atoms with Crippen LogP contribution >= 0.6 is 0 Å². The molecule has 1 nitrogen and oxygen atoms in total. The van der Waals surface area contributed by atoms with Gasteiger partial charge in [0.05, 0.1) is 0 Å². The predicted octanol–water partition coefficient (Wildman–Crippen LogP) is 4.26. The van der Waals surface area contributed by atoms with Gasteiger partial charge in [0.25, 0.3) is 0 Å². The first-order valence-corrected chi connectivity index (χ1v) is 8.29. The maximum absolute atomic E-state index is 6.19. The van der Waals surface area contributed by atoms with Crippen LogP contribution in [0.3, 0.4) is 0 Å². The lowest BCUT2D eigenvalue weighted by Gasteiger charge is -2.41. The Labute approximate surface area is 91.4 Å². The van der Waals surface area contributed by atoms with E-state index >= 15 is 0 Å². The van der Waals surface area contributed by atoms with Crippen molar-refractivity contribution in [2.75, 3.05) is 0 Å². The van der Waals surface area contributed by atoms with Crippen molar-refractivity contribution < 1.29 is 4.43 Å². The molecule has 0 aliphatic heterocycles. The Morgan fingerprint density at radius 1 is 1.00 bits per heavy atom. The molecule has 0 unspecified atom stereocenters. The normalized spacial score (nSPS) is 16.9. The van der Waals surface area contributed by atoms with Crippen molar-refractivity contribution in [2.24, 2.45) is 5.41 Å². The van der Waals surface area contributed by atoms with Gasteiger partial charge in [0.1, 0.15) is 0 Å². The molecule has 0 heterocycles. The molecule has 0 saturated carbocycles. The van der Waals surface area contributed by atoms with Crippen LogP contribution in [0.25, 0.3) is 0 Å². The van der Waals surface area contributed by atoms with E-state index in [1.54, 1.807) is 0 Å². The van der Waals surface area contributed by atoms with Crippen LogP contribution in [0.15, 0.2) is 0 Å². The quantitative estimate of drug-likeness (QED) is 0.626. The van der Waals surface area contributed by atoms with E-state index < -0.39 is 8.32 Å². The highest BCUT2D eigenvalue weighted by Gasteiger charge is 2.40. The Hall–Kier alpha value is 0.177. The maximum Gasteiger partial charge on any atom is 0.192 e. The molecule has 0 aromatic heterocycles. The van der Waals surface area contributed by atoms with Gasteiger partial charge in [-0.1, -0.05) is 41.5 Å². The van der Waals surface area contributed by atoms with Gasteiger partial charge in [0.15, 0.2) is 8.32 Å². The van der Waals surface area contributed by atoms with Gasteiger partial charge >= 0.3 is 0 Å². The van der Waals surface area contributed by atoms with E-state index in [1.807, 2.05) is 0 Å². The Morgan fingerprint density at radius 2 is 1.36 bits per heavy atom. The third kappa shape index (κ3) is 3.74. The van der Waals surface area contributed by atoms with E-state index in [-0.39, 0.29) is 16.6 Å². The molecule has 85 valence electrons. The fourth-order valence-electron chi connectivity index (χ4n) is 0.709. The summed E-state index contributed by atoms with van der Waals surface area (Å²) >= 11 is 0. The van der Waals surface area contributed by atoms with Crippen LogP contribution in [-0.4, -0.2) is 14.4 Å². The summed E-state index contributed by atoms with van der Waals surface area (Å²) in [6.45, 7) is 22.0. The minimum absolute atomic E-state index is 0.0865. The van der Waals surface area contributed by atoms with Gasteiger partial charge in [-0.2, -0.15) is 0 Å². The Bertz CT molecular complexity index is 183. The third-order valence-electron chi connectivity index (χ3n) is 3.21. The maximum atomic E-state index is 6.19. The highest BCUT2D eigenvalue weighted by atomic mass is 28.4. The van der Waals surface area contributed by atoms with E-state index in [0.717, 1.165) is 0 Å². The zero-order valence-electron chi connectivity index (χ0n) is 11.2. The van der Waals surface area contributed by atoms with Crippen molar-refractivity contribution in [1.29, 1.82) is 0 Å². The first-order chi connectivity index (χ1) is 5.88. The number of rotatable bonds is 2. The van der Waals surface area contributed by atoms with Gasteiger partial charge in [-0.25, -0.2) is 0 Å². The van der Waals surface area contributed by atoms with Crippen molar-refractivity contribution in [3.05, 3.63) is 6.92 Å². The standard InChI is InChI=1S/C12H27OSi/c1-10(11(2,3)4)13-14(8,9)12(5,6)7/h10H,1H2,2-9H3/t10-/m0/s1. The van der Waals surface area contributed by atoms with Gasteiger partial charge in [-0.3, -0.25) is 0 Å². The van der Waals surface area contributed by atoms with Gasteiger partial charge in [0, 0.05) is 6.10 Å². The lowest BCUT2D eigenvalue weighted by Crippen LogP contribution is -2.46. The molecule has 1 atom stereocenters.